The van der Waals surface area contributed by atoms with Crippen LogP contribution in [0, 0.1) is 0 Å². The normalized spacial score (nSPS) is 14.5. The molecule has 0 aliphatic heterocycles. The quantitative estimate of drug-likeness (QED) is 0.0201. The molecule has 2 unspecified atom stereocenters. The van der Waals surface area contributed by atoms with Crippen molar-refractivity contribution in [3.63, 3.8) is 0 Å². The van der Waals surface area contributed by atoms with Crippen LogP contribution in [-0.4, -0.2) is 70.7 Å². The van der Waals surface area contributed by atoms with E-state index in [1.165, 1.54) is 77.0 Å². The minimum atomic E-state index is -4.55. The van der Waals surface area contributed by atoms with E-state index in [0.29, 0.717) is 24.1 Å². The molecule has 0 spiro atoms. The third-order valence-corrected chi connectivity index (χ3v) is 9.73. The molecule has 9 heteroatoms. The number of quaternary nitrogens is 1. The number of carbonyl (C=O) groups excluding carboxylic acids is 1. The Kier molecular flexibility index (Phi) is 37.3. The number of rotatable bonds is 39. The first-order valence-electron chi connectivity index (χ1n) is 21.7. The number of likely N-dealkylation sites (N-methyl/N-ethyl adjacent to an activating group) is 1. The summed E-state index contributed by atoms with van der Waals surface area (Å²) in [6.07, 6.45) is 49.4. The van der Waals surface area contributed by atoms with E-state index >= 15 is 0 Å². The summed E-state index contributed by atoms with van der Waals surface area (Å²) in [6.45, 7) is 5.04. The number of ether oxygens (including phenoxy) is 2. The van der Waals surface area contributed by atoms with Crippen LogP contribution >= 0.6 is 7.82 Å². The van der Waals surface area contributed by atoms with E-state index in [1.807, 2.05) is 21.1 Å². The lowest BCUT2D eigenvalue weighted by Gasteiger charge is -2.28. The van der Waals surface area contributed by atoms with Crippen molar-refractivity contribution < 1.29 is 37.3 Å². The maximum atomic E-state index is 12.7. The first-order chi connectivity index (χ1) is 26.6. The molecular formula is C46H82NO7P. The van der Waals surface area contributed by atoms with Crippen molar-refractivity contribution >= 4 is 13.8 Å². The van der Waals surface area contributed by atoms with Crippen molar-refractivity contribution in [2.24, 2.45) is 0 Å². The Balaban J connectivity index is 4.37. The van der Waals surface area contributed by atoms with Gasteiger partial charge in [0.2, 0.25) is 0 Å². The number of carbonyl (C=O) groups is 1. The summed E-state index contributed by atoms with van der Waals surface area (Å²) in [6, 6.07) is 0. The van der Waals surface area contributed by atoms with Gasteiger partial charge in [0.1, 0.15) is 19.3 Å². The van der Waals surface area contributed by atoms with Crippen LogP contribution in [0.25, 0.3) is 0 Å². The molecule has 55 heavy (non-hydrogen) atoms. The van der Waals surface area contributed by atoms with E-state index < -0.39 is 13.9 Å². The molecule has 0 rings (SSSR count). The summed E-state index contributed by atoms with van der Waals surface area (Å²) in [5.41, 5.74) is 0. The van der Waals surface area contributed by atoms with Gasteiger partial charge in [0, 0.05) is 6.42 Å². The molecule has 0 aromatic heterocycles. The van der Waals surface area contributed by atoms with Gasteiger partial charge in [0.25, 0.3) is 7.82 Å². The first-order valence-corrected chi connectivity index (χ1v) is 23.1. The second-order valence-electron chi connectivity index (χ2n) is 15.3. The van der Waals surface area contributed by atoms with Crippen molar-refractivity contribution in [2.45, 2.75) is 161 Å². The lowest BCUT2D eigenvalue weighted by Crippen LogP contribution is -2.37. The second-order valence-corrected chi connectivity index (χ2v) is 16.7. The molecule has 8 nitrogen and oxygen atoms in total. The molecule has 0 N–H and O–H groups in total. The van der Waals surface area contributed by atoms with Gasteiger partial charge in [0.15, 0.2) is 0 Å². The highest BCUT2D eigenvalue weighted by molar-refractivity contribution is 7.45. The van der Waals surface area contributed by atoms with E-state index in [-0.39, 0.29) is 32.2 Å². The Morgan fingerprint density at radius 3 is 1.58 bits per heavy atom. The topological polar surface area (TPSA) is 94.1 Å². The summed E-state index contributed by atoms with van der Waals surface area (Å²) in [4.78, 5) is 25.0. The second kappa shape index (κ2) is 38.8. The molecule has 0 bridgehead atoms. The molecule has 0 amide bonds. The Morgan fingerprint density at radius 2 is 1.05 bits per heavy atom. The van der Waals surface area contributed by atoms with Gasteiger partial charge in [0.05, 0.1) is 41.0 Å². The highest BCUT2D eigenvalue weighted by Crippen LogP contribution is 2.38. The van der Waals surface area contributed by atoms with E-state index in [0.717, 1.165) is 51.4 Å². The van der Waals surface area contributed by atoms with Gasteiger partial charge >= 0.3 is 5.97 Å². The Hall–Kier alpha value is -2.06. The first kappa shape index (κ1) is 52.9. The summed E-state index contributed by atoms with van der Waals surface area (Å²) < 4.78 is 34.4. The van der Waals surface area contributed by atoms with Gasteiger partial charge in [-0.3, -0.25) is 9.36 Å². The molecule has 0 aromatic carbocycles. The van der Waals surface area contributed by atoms with Gasteiger partial charge in [-0.1, -0.05) is 151 Å². The molecule has 0 saturated carbocycles. The van der Waals surface area contributed by atoms with Crippen molar-refractivity contribution in [1.29, 1.82) is 0 Å². The van der Waals surface area contributed by atoms with E-state index in [9.17, 15) is 14.3 Å². The fraction of sp³-hybridized carbons (Fsp3) is 0.717. The molecule has 2 atom stereocenters. The number of hydrogen-bond acceptors (Lipinski definition) is 7. The van der Waals surface area contributed by atoms with Crippen LogP contribution in [0.15, 0.2) is 72.9 Å². The maximum absolute atomic E-state index is 12.7. The van der Waals surface area contributed by atoms with E-state index in [1.54, 1.807) is 0 Å². The standard InChI is InChI=1S/C46H82NO7P/c1-6-8-10-12-14-16-18-20-22-24-25-27-29-31-33-35-37-39-46(48)54-45(44-53-55(49,50)52-42-40-47(3,4)5)43-51-41-38-36-34-32-30-28-26-23-21-19-17-15-13-11-9-7-2/h9,11,15,17,20-23,28,30,34,36,45H,6-8,10,12-14,16,18-19,24-27,29,31-33,35,37-44H2,1-5H3/b11-9-,17-15-,22-20-,23-21-,30-28-,36-34-. The van der Waals surface area contributed by atoms with Crippen LogP contribution in [0.2, 0.25) is 0 Å². The molecule has 0 heterocycles. The number of allylic oxidation sites excluding steroid dienone is 11. The minimum Gasteiger partial charge on any atom is -0.756 e. The number of phosphoric acid groups is 1. The van der Waals surface area contributed by atoms with E-state index in [4.69, 9.17) is 18.5 Å². The average molecular weight is 792 g/mol. The van der Waals surface area contributed by atoms with Crippen LogP contribution in [0.3, 0.4) is 0 Å². The predicted octanol–water partition coefficient (Wildman–Crippen LogP) is 12.1. The molecule has 0 radical (unpaired) electrons. The van der Waals surface area contributed by atoms with Crippen molar-refractivity contribution in [3.8, 4) is 0 Å². The third-order valence-electron chi connectivity index (χ3n) is 8.76. The number of nitrogens with zero attached hydrogens (tertiary/aromatic N) is 1. The molecule has 0 aliphatic rings. The maximum Gasteiger partial charge on any atom is 0.306 e. The number of phosphoric ester groups is 1. The molecule has 0 fully saturated rings. The monoisotopic (exact) mass is 792 g/mol. The smallest absolute Gasteiger partial charge is 0.306 e. The van der Waals surface area contributed by atoms with Crippen LogP contribution in [0.5, 0.6) is 0 Å². The molecule has 0 saturated heterocycles. The van der Waals surface area contributed by atoms with Crippen LogP contribution in [0.4, 0.5) is 0 Å². The van der Waals surface area contributed by atoms with Gasteiger partial charge in [-0.2, -0.15) is 0 Å². The molecule has 0 aliphatic carbocycles. The predicted molar refractivity (Wildman–Crippen MR) is 231 cm³/mol. The highest BCUT2D eigenvalue weighted by atomic mass is 31.2. The fourth-order valence-electron chi connectivity index (χ4n) is 5.43. The molecular weight excluding hydrogens is 709 g/mol. The Labute approximate surface area is 338 Å². The van der Waals surface area contributed by atoms with Gasteiger partial charge < -0.3 is 27.9 Å². The summed E-state index contributed by atoms with van der Waals surface area (Å²) in [5.74, 6) is -0.366. The Morgan fingerprint density at radius 1 is 0.582 bits per heavy atom. The molecule has 0 aromatic rings. The summed E-state index contributed by atoms with van der Waals surface area (Å²) >= 11 is 0. The number of esters is 1. The van der Waals surface area contributed by atoms with Crippen LogP contribution in [-0.2, 0) is 27.9 Å². The fourth-order valence-corrected chi connectivity index (χ4v) is 6.16. The zero-order valence-corrected chi connectivity index (χ0v) is 36.7. The number of hydrogen-bond donors (Lipinski definition) is 0. The van der Waals surface area contributed by atoms with Crippen LogP contribution in [0.1, 0.15) is 155 Å². The van der Waals surface area contributed by atoms with Crippen molar-refractivity contribution in [3.05, 3.63) is 72.9 Å². The number of unbranched alkanes of at least 4 members (excludes halogenated alkanes) is 13. The zero-order valence-electron chi connectivity index (χ0n) is 35.8. The Bertz CT molecular complexity index is 1110. The summed E-state index contributed by atoms with van der Waals surface area (Å²) in [5, 5.41) is 0. The SMILES string of the molecule is CC/C=C\C/C=C\C/C=C\C/C=C\C/C=C\CCOCC(COP(=O)([O-])OCC[N+](C)(C)C)OC(=O)CCCCCCCCC/C=C\CCCCCCCC. The minimum absolute atomic E-state index is 0.00877. The van der Waals surface area contributed by atoms with Gasteiger partial charge in [-0.15, -0.1) is 0 Å². The highest BCUT2D eigenvalue weighted by Gasteiger charge is 2.20. The van der Waals surface area contributed by atoms with Crippen molar-refractivity contribution in [1.82, 2.24) is 0 Å². The summed E-state index contributed by atoms with van der Waals surface area (Å²) in [7, 11) is 1.30. The lowest BCUT2D eigenvalue weighted by molar-refractivity contribution is -0.870. The third kappa shape index (κ3) is 42.9. The largest absolute Gasteiger partial charge is 0.756 e. The van der Waals surface area contributed by atoms with Gasteiger partial charge in [-0.05, 0) is 70.6 Å². The van der Waals surface area contributed by atoms with Crippen LogP contribution < -0.4 is 4.89 Å². The average Bonchev–Trinajstić information content (AvgIpc) is 3.13. The van der Waals surface area contributed by atoms with Crippen molar-refractivity contribution in [2.75, 3.05) is 54.1 Å². The van der Waals surface area contributed by atoms with E-state index in [2.05, 4.69) is 86.8 Å². The lowest BCUT2D eigenvalue weighted by atomic mass is 10.1. The van der Waals surface area contributed by atoms with Gasteiger partial charge in [-0.25, -0.2) is 0 Å². The molecule has 318 valence electrons. The zero-order chi connectivity index (χ0) is 40.6.